The van der Waals surface area contributed by atoms with E-state index in [-0.39, 0.29) is 16.5 Å². The quantitative estimate of drug-likeness (QED) is 0.204. The highest BCUT2D eigenvalue weighted by Crippen LogP contribution is 2.34. The van der Waals surface area contributed by atoms with Gasteiger partial charge in [-0.15, -0.1) is 0 Å². The summed E-state index contributed by atoms with van der Waals surface area (Å²) in [6.45, 7) is 0. The normalized spacial score (nSPS) is 11.3. The summed E-state index contributed by atoms with van der Waals surface area (Å²) in [5.41, 5.74) is 5.46. The minimum atomic E-state index is -4.02. The lowest BCUT2D eigenvalue weighted by Gasteiger charge is -2.08. The summed E-state index contributed by atoms with van der Waals surface area (Å²) >= 11 is 6.63. The van der Waals surface area contributed by atoms with Crippen LogP contribution in [0.15, 0.2) is 126 Å². The first-order chi connectivity index (χ1) is 19.9. The lowest BCUT2D eigenvalue weighted by molar-refractivity contribution is 0.0981. The van der Waals surface area contributed by atoms with Crippen LogP contribution in [0.25, 0.3) is 33.3 Å². The van der Waals surface area contributed by atoms with E-state index in [1.54, 1.807) is 36.4 Å². The van der Waals surface area contributed by atoms with Gasteiger partial charge in [0.25, 0.3) is 21.9 Å². The number of nitrogens with one attached hydrogen (secondary N) is 2. The van der Waals surface area contributed by atoms with Gasteiger partial charge in [-0.3, -0.25) is 4.79 Å². The fourth-order valence-electron chi connectivity index (χ4n) is 4.40. The number of imidazole rings is 1. The number of aromatic nitrogens is 2. The Labute approximate surface area is 241 Å². The van der Waals surface area contributed by atoms with E-state index >= 15 is 0 Å². The number of amides is 1. The van der Waals surface area contributed by atoms with Crippen molar-refractivity contribution in [1.29, 1.82) is 0 Å². The molecule has 6 rings (SSSR count). The summed E-state index contributed by atoms with van der Waals surface area (Å²) in [7, 11) is -4.02. The predicted octanol–water partition coefficient (Wildman–Crippen LogP) is 7.46. The molecule has 202 valence electrons. The molecule has 1 aromatic heterocycles. The van der Waals surface area contributed by atoms with E-state index in [0.29, 0.717) is 21.8 Å². The molecule has 0 fully saturated rings. The average Bonchev–Trinajstić information content (AvgIpc) is 3.38. The van der Waals surface area contributed by atoms with Gasteiger partial charge in [0.2, 0.25) is 0 Å². The van der Waals surface area contributed by atoms with Gasteiger partial charge in [0.05, 0.1) is 21.0 Å². The van der Waals surface area contributed by atoms with Crippen LogP contribution in [0.3, 0.4) is 0 Å². The minimum absolute atomic E-state index is 0.00630. The van der Waals surface area contributed by atoms with Crippen molar-refractivity contribution in [2.75, 3.05) is 0 Å². The molecule has 6 aromatic rings. The molecular formula is C32H22ClN3O4S. The van der Waals surface area contributed by atoms with Crippen molar-refractivity contribution in [3.05, 3.63) is 132 Å². The number of carbonyl (C=O) groups excluding carboxylic acids is 1. The van der Waals surface area contributed by atoms with E-state index in [1.807, 2.05) is 36.4 Å². The zero-order chi connectivity index (χ0) is 28.4. The molecule has 1 heterocycles. The zero-order valence-corrected chi connectivity index (χ0v) is 23.0. The van der Waals surface area contributed by atoms with Gasteiger partial charge in [0.1, 0.15) is 5.75 Å². The number of carbonyl (C=O) groups is 1. The third-order valence-corrected chi connectivity index (χ3v) is 8.10. The van der Waals surface area contributed by atoms with Crippen molar-refractivity contribution in [2.45, 2.75) is 4.90 Å². The maximum Gasteiger partial charge on any atom is 0.300 e. The first-order valence-corrected chi connectivity index (χ1v) is 14.5. The molecule has 0 saturated heterocycles. The molecule has 0 radical (unpaired) electrons. The molecule has 41 heavy (non-hydrogen) atoms. The number of hydrogen-bond donors (Lipinski definition) is 2. The Morgan fingerprint density at radius 1 is 0.756 bits per heavy atom. The molecule has 9 heteroatoms. The highest BCUT2D eigenvalue weighted by molar-refractivity contribution is 7.90. The molecular weight excluding hydrogens is 558 g/mol. The third kappa shape index (κ3) is 5.70. The molecule has 0 saturated carbocycles. The Balaban J connectivity index is 1.21. The summed E-state index contributed by atoms with van der Waals surface area (Å²) in [4.78, 5) is 20.3. The summed E-state index contributed by atoms with van der Waals surface area (Å²) < 4.78 is 33.0. The van der Waals surface area contributed by atoms with Crippen LogP contribution in [0.2, 0.25) is 5.02 Å². The lowest BCUT2D eigenvalue weighted by Crippen LogP contribution is -2.30. The smallest absolute Gasteiger partial charge is 0.300 e. The molecule has 0 spiro atoms. The number of nitrogens with zero attached hydrogens (tertiary/aromatic N) is 1. The standard InChI is InChI=1S/C32H22ClN3O4S/c33-28-20-30-29(19-27(28)23-16-14-22(15-17-23)21-8-3-1-4-9-21)34-32(35-30)40-25-11-7-10-24(18-25)31(37)36-41(38,39)26-12-5-2-6-13-26/h1-20H,(H,34,35)(H,36,37). The summed E-state index contributed by atoms with van der Waals surface area (Å²) in [6.07, 6.45) is 0. The Bertz CT molecular complexity index is 1980. The van der Waals surface area contributed by atoms with E-state index in [0.717, 1.165) is 22.3 Å². The van der Waals surface area contributed by atoms with Crippen LogP contribution < -0.4 is 9.46 Å². The van der Waals surface area contributed by atoms with Crippen molar-refractivity contribution in [1.82, 2.24) is 14.7 Å². The SMILES string of the molecule is O=C(NS(=O)(=O)c1ccccc1)c1cccc(Oc2nc3cc(-c4ccc(-c5ccccc5)cc4)c(Cl)cc3[nH]2)c1. The molecule has 0 aliphatic rings. The number of sulfonamides is 1. The van der Waals surface area contributed by atoms with Gasteiger partial charge in [-0.2, -0.15) is 4.98 Å². The average molecular weight is 580 g/mol. The summed E-state index contributed by atoms with van der Waals surface area (Å²) in [6, 6.07) is 36.0. The first kappa shape index (κ1) is 26.3. The Morgan fingerprint density at radius 3 is 2.15 bits per heavy atom. The van der Waals surface area contributed by atoms with Crippen LogP contribution in [0.1, 0.15) is 10.4 Å². The van der Waals surface area contributed by atoms with Crippen LogP contribution in [0.5, 0.6) is 11.8 Å². The summed E-state index contributed by atoms with van der Waals surface area (Å²) in [5.74, 6) is -0.477. The maximum atomic E-state index is 12.7. The number of H-pyrrole nitrogens is 1. The fraction of sp³-hybridized carbons (Fsp3) is 0. The van der Waals surface area contributed by atoms with Crippen LogP contribution in [-0.2, 0) is 10.0 Å². The molecule has 7 nitrogen and oxygen atoms in total. The van der Waals surface area contributed by atoms with E-state index < -0.39 is 15.9 Å². The van der Waals surface area contributed by atoms with Gasteiger partial charge >= 0.3 is 0 Å². The van der Waals surface area contributed by atoms with E-state index in [1.165, 1.54) is 24.3 Å². The van der Waals surface area contributed by atoms with Gasteiger partial charge in [-0.1, -0.05) is 90.5 Å². The second kappa shape index (κ2) is 10.9. The van der Waals surface area contributed by atoms with Crippen molar-refractivity contribution in [3.8, 4) is 34.0 Å². The molecule has 0 aliphatic heterocycles. The van der Waals surface area contributed by atoms with Gasteiger partial charge in [0, 0.05) is 11.1 Å². The third-order valence-electron chi connectivity index (χ3n) is 6.44. The maximum absolute atomic E-state index is 12.7. The van der Waals surface area contributed by atoms with Crippen molar-refractivity contribution >= 4 is 38.6 Å². The molecule has 0 bridgehead atoms. The van der Waals surface area contributed by atoms with Crippen molar-refractivity contribution in [2.24, 2.45) is 0 Å². The lowest BCUT2D eigenvalue weighted by atomic mass is 10.00. The van der Waals surface area contributed by atoms with Crippen molar-refractivity contribution < 1.29 is 17.9 Å². The number of halogens is 1. The van der Waals surface area contributed by atoms with E-state index in [2.05, 4.69) is 39.0 Å². The summed E-state index contributed by atoms with van der Waals surface area (Å²) in [5, 5.41) is 0.554. The van der Waals surface area contributed by atoms with E-state index in [9.17, 15) is 13.2 Å². The molecule has 0 atom stereocenters. The second-order valence-corrected chi connectivity index (χ2v) is 11.3. The number of fused-ring (bicyclic) bond motifs is 1. The fourth-order valence-corrected chi connectivity index (χ4v) is 5.67. The highest BCUT2D eigenvalue weighted by Gasteiger charge is 2.19. The first-order valence-electron chi connectivity index (χ1n) is 12.6. The Hall–Kier alpha value is -4.92. The topological polar surface area (TPSA) is 101 Å². The van der Waals surface area contributed by atoms with Crippen LogP contribution in [0, 0.1) is 0 Å². The monoisotopic (exact) mass is 579 g/mol. The van der Waals surface area contributed by atoms with Gasteiger partial charge in [0.15, 0.2) is 0 Å². The predicted molar refractivity (Wildman–Crippen MR) is 160 cm³/mol. The number of benzene rings is 5. The Kier molecular flexibility index (Phi) is 7.01. The van der Waals surface area contributed by atoms with Gasteiger partial charge in [-0.25, -0.2) is 13.1 Å². The molecule has 0 unspecified atom stereocenters. The Morgan fingerprint density at radius 2 is 1.41 bits per heavy atom. The van der Waals surface area contributed by atoms with Gasteiger partial charge < -0.3 is 9.72 Å². The second-order valence-electron chi connectivity index (χ2n) is 9.21. The molecule has 5 aromatic carbocycles. The van der Waals surface area contributed by atoms with Crippen molar-refractivity contribution in [3.63, 3.8) is 0 Å². The largest absolute Gasteiger partial charge is 0.426 e. The highest BCUT2D eigenvalue weighted by atomic mass is 35.5. The number of hydrogen-bond acceptors (Lipinski definition) is 5. The molecule has 2 N–H and O–H groups in total. The van der Waals surface area contributed by atoms with Crippen LogP contribution in [0.4, 0.5) is 0 Å². The minimum Gasteiger partial charge on any atom is -0.426 e. The van der Waals surface area contributed by atoms with Gasteiger partial charge in [-0.05, 0) is 59.2 Å². The van der Waals surface area contributed by atoms with Crippen LogP contribution in [-0.4, -0.2) is 24.3 Å². The van der Waals surface area contributed by atoms with E-state index in [4.69, 9.17) is 16.3 Å². The number of ether oxygens (including phenoxy) is 1. The molecule has 0 aliphatic carbocycles. The number of rotatable bonds is 7. The number of aromatic amines is 1. The zero-order valence-electron chi connectivity index (χ0n) is 21.4. The molecule has 1 amide bonds. The van der Waals surface area contributed by atoms with Crippen LogP contribution >= 0.6 is 11.6 Å².